The molecule has 0 radical (unpaired) electrons. The van der Waals surface area contributed by atoms with Gasteiger partial charge in [-0.15, -0.1) is 0 Å². The molecule has 2 nitrogen and oxygen atoms in total. The van der Waals surface area contributed by atoms with E-state index in [1.165, 1.54) is 0 Å². The fraction of sp³-hybridized carbons (Fsp3) is 1.00. The molecule has 2 heteroatoms. The molecule has 0 aromatic carbocycles. The second-order valence-electron chi connectivity index (χ2n) is 3.67. The van der Waals surface area contributed by atoms with Crippen LogP contribution in [0.15, 0.2) is 0 Å². The molecule has 0 saturated heterocycles. The van der Waals surface area contributed by atoms with E-state index < -0.39 is 5.60 Å². The number of aliphatic hydroxyl groups is 1. The van der Waals surface area contributed by atoms with E-state index >= 15 is 0 Å². The van der Waals surface area contributed by atoms with Gasteiger partial charge in [-0.05, 0) is 32.9 Å². The summed E-state index contributed by atoms with van der Waals surface area (Å²) in [4.78, 5) is 2.20. The Morgan fingerprint density at radius 3 is 2.00 bits per heavy atom. The van der Waals surface area contributed by atoms with E-state index in [0.29, 0.717) is 0 Å². The molecule has 0 aromatic rings. The standard InChI is InChI=1S/C10H23NO/c1-5-8-11(4)9-10(12,6-2)7-3/h12H,5-9H2,1-4H3. The maximum Gasteiger partial charge on any atom is 0.0768 e. The minimum Gasteiger partial charge on any atom is -0.389 e. The first-order valence-corrected chi connectivity index (χ1v) is 4.99. The molecule has 0 aliphatic carbocycles. The van der Waals surface area contributed by atoms with Crippen molar-refractivity contribution in [1.29, 1.82) is 0 Å². The molecule has 12 heavy (non-hydrogen) atoms. The van der Waals surface area contributed by atoms with Gasteiger partial charge >= 0.3 is 0 Å². The van der Waals surface area contributed by atoms with Gasteiger partial charge in [0.25, 0.3) is 0 Å². The third-order valence-corrected chi connectivity index (χ3v) is 2.49. The maximum absolute atomic E-state index is 9.98. The van der Waals surface area contributed by atoms with Crippen LogP contribution in [0.2, 0.25) is 0 Å². The molecule has 0 aromatic heterocycles. The summed E-state index contributed by atoms with van der Waals surface area (Å²) in [5.74, 6) is 0. The normalized spacial score (nSPS) is 12.5. The Bertz CT molecular complexity index is 110. The molecule has 74 valence electrons. The second kappa shape index (κ2) is 5.55. The highest BCUT2D eigenvalue weighted by atomic mass is 16.3. The number of nitrogens with zero attached hydrogens (tertiary/aromatic N) is 1. The zero-order chi connectivity index (χ0) is 9.61. The van der Waals surface area contributed by atoms with Crippen LogP contribution in [0, 0.1) is 0 Å². The highest BCUT2D eigenvalue weighted by Crippen LogP contribution is 2.15. The molecule has 0 fully saturated rings. The van der Waals surface area contributed by atoms with E-state index in [-0.39, 0.29) is 0 Å². The topological polar surface area (TPSA) is 23.5 Å². The largest absolute Gasteiger partial charge is 0.389 e. The molecule has 0 bridgehead atoms. The Kier molecular flexibility index (Phi) is 5.51. The first-order chi connectivity index (χ1) is 5.58. The molecule has 0 spiro atoms. The van der Waals surface area contributed by atoms with Crippen LogP contribution in [0.25, 0.3) is 0 Å². The molecule has 1 N–H and O–H groups in total. The van der Waals surface area contributed by atoms with E-state index in [1.54, 1.807) is 0 Å². The molecule has 0 saturated carbocycles. The molecule has 0 amide bonds. The third-order valence-electron chi connectivity index (χ3n) is 2.49. The summed E-state index contributed by atoms with van der Waals surface area (Å²) >= 11 is 0. The summed E-state index contributed by atoms with van der Waals surface area (Å²) in [5, 5.41) is 9.98. The summed E-state index contributed by atoms with van der Waals surface area (Å²) in [6, 6.07) is 0. The second-order valence-corrected chi connectivity index (χ2v) is 3.67. The van der Waals surface area contributed by atoms with E-state index in [2.05, 4.69) is 18.9 Å². The lowest BCUT2D eigenvalue weighted by atomic mass is 9.97. The smallest absolute Gasteiger partial charge is 0.0768 e. The van der Waals surface area contributed by atoms with Crippen molar-refractivity contribution in [3.05, 3.63) is 0 Å². The molecule has 0 rings (SSSR count). The lowest BCUT2D eigenvalue weighted by molar-refractivity contribution is 0.00316. The van der Waals surface area contributed by atoms with Gasteiger partial charge in [-0.2, -0.15) is 0 Å². The minimum atomic E-state index is -0.468. The van der Waals surface area contributed by atoms with Gasteiger partial charge < -0.3 is 10.0 Å². The quantitative estimate of drug-likeness (QED) is 0.663. The van der Waals surface area contributed by atoms with Crippen LogP contribution < -0.4 is 0 Å². The van der Waals surface area contributed by atoms with E-state index in [4.69, 9.17) is 0 Å². The van der Waals surface area contributed by atoms with E-state index in [0.717, 1.165) is 32.4 Å². The summed E-state index contributed by atoms with van der Waals surface area (Å²) in [7, 11) is 2.07. The van der Waals surface area contributed by atoms with Crippen LogP contribution in [0.4, 0.5) is 0 Å². The molecular weight excluding hydrogens is 150 g/mol. The van der Waals surface area contributed by atoms with Crippen LogP contribution in [0.1, 0.15) is 40.0 Å². The first kappa shape index (κ1) is 11.9. The van der Waals surface area contributed by atoms with Gasteiger partial charge in [-0.1, -0.05) is 20.8 Å². The van der Waals surface area contributed by atoms with Gasteiger partial charge in [-0.25, -0.2) is 0 Å². The van der Waals surface area contributed by atoms with Gasteiger partial charge in [0.15, 0.2) is 0 Å². The van der Waals surface area contributed by atoms with Crippen molar-refractivity contribution in [2.45, 2.75) is 45.6 Å². The van der Waals surface area contributed by atoms with Crippen molar-refractivity contribution in [3.63, 3.8) is 0 Å². The number of hydrogen-bond acceptors (Lipinski definition) is 2. The summed E-state index contributed by atoms with van der Waals surface area (Å²) < 4.78 is 0. The maximum atomic E-state index is 9.98. The molecule has 0 heterocycles. The van der Waals surface area contributed by atoms with E-state index in [9.17, 15) is 5.11 Å². The Morgan fingerprint density at radius 2 is 1.67 bits per heavy atom. The van der Waals surface area contributed by atoms with Crippen molar-refractivity contribution in [3.8, 4) is 0 Å². The van der Waals surface area contributed by atoms with Gasteiger partial charge in [0, 0.05) is 6.54 Å². The highest BCUT2D eigenvalue weighted by Gasteiger charge is 2.23. The van der Waals surface area contributed by atoms with Gasteiger partial charge in [0.2, 0.25) is 0 Å². The van der Waals surface area contributed by atoms with Crippen LogP contribution in [-0.2, 0) is 0 Å². The van der Waals surface area contributed by atoms with E-state index in [1.807, 2.05) is 13.8 Å². The Labute approximate surface area is 76.6 Å². The molecule has 0 aliphatic heterocycles. The predicted octanol–water partition coefficient (Wildman–Crippen LogP) is 1.88. The van der Waals surface area contributed by atoms with Gasteiger partial charge in [-0.3, -0.25) is 0 Å². The third kappa shape index (κ3) is 4.07. The Hall–Kier alpha value is -0.0800. The summed E-state index contributed by atoms with van der Waals surface area (Å²) in [6.07, 6.45) is 2.84. The lowest BCUT2D eigenvalue weighted by Crippen LogP contribution is -2.40. The minimum absolute atomic E-state index is 0.468. The average molecular weight is 173 g/mol. The van der Waals surface area contributed by atoms with Gasteiger partial charge in [0.05, 0.1) is 5.60 Å². The molecule has 0 unspecified atom stereocenters. The zero-order valence-corrected chi connectivity index (χ0v) is 8.93. The fourth-order valence-corrected chi connectivity index (χ4v) is 1.44. The molecule has 0 aliphatic rings. The van der Waals surface area contributed by atoms with Crippen molar-refractivity contribution in [2.75, 3.05) is 20.1 Å². The number of hydrogen-bond donors (Lipinski definition) is 1. The summed E-state index contributed by atoms with van der Waals surface area (Å²) in [5.41, 5.74) is -0.468. The molecule has 0 atom stereocenters. The SMILES string of the molecule is CCCN(C)CC(O)(CC)CC. The van der Waals surface area contributed by atoms with Crippen molar-refractivity contribution in [2.24, 2.45) is 0 Å². The van der Waals surface area contributed by atoms with Crippen LogP contribution in [-0.4, -0.2) is 35.7 Å². The monoisotopic (exact) mass is 173 g/mol. The van der Waals surface area contributed by atoms with Crippen molar-refractivity contribution >= 4 is 0 Å². The lowest BCUT2D eigenvalue weighted by Gasteiger charge is -2.30. The Morgan fingerprint density at radius 1 is 1.17 bits per heavy atom. The Balaban J connectivity index is 3.84. The number of rotatable bonds is 6. The van der Waals surface area contributed by atoms with Crippen LogP contribution >= 0.6 is 0 Å². The number of likely N-dealkylation sites (N-methyl/N-ethyl adjacent to an activating group) is 1. The zero-order valence-electron chi connectivity index (χ0n) is 8.93. The summed E-state index contributed by atoms with van der Waals surface area (Å²) in [6.45, 7) is 8.12. The van der Waals surface area contributed by atoms with Crippen molar-refractivity contribution in [1.82, 2.24) is 4.90 Å². The fourth-order valence-electron chi connectivity index (χ4n) is 1.44. The van der Waals surface area contributed by atoms with Gasteiger partial charge in [0.1, 0.15) is 0 Å². The first-order valence-electron chi connectivity index (χ1n) is 4.99. The van der Waals surface area contributed by atoms with Crippen LogP contribution in [0.5, 0.6) is 0 Å². The highest BCUT2D eigenvalue weighted by molar-refractivity contribution is 4.78. The molecular formula is C10H23NO. The van der Waals surface area contributed by atoms with Crippen LogP contribution in [0.3, 0.4) is 0 Å². The van der Waals surface area contributed by atoms with Crippen molar-refractivity contribution < 1.29 is 5.11 Å². The average Bonchev–Trinajstić information content (AvgIpc) is 2.05. The predicted molar refractivity (Wildman–Crippen MR) is 53.3 cm³/mol.